The summed E-state index contributed by atoms with van der Waals surface area (Å²) >= 11 is 0. The quantitative estimate of drug-likeness (QED) is 0.758. The molecule has 0 fully saturated rings. The molecule has 16 heavy (non-hydrogen) atoms. The second-order valence-corrected chi connectivity index (χ2v) is 4.32. The lowest BCUT2D eigenvalue weighted by molar-refractivity contribution is 0.471. The summed E-state index contributed by atoms with van der Waals surface area (Å²) in [6.07, 6.45) is 0. The molecule has 0 aliphatic rings. The Hall–Kier alpha value is -1.76. The average Bonchev–Trinajstić information content (AvgIpc) is 2.23. The number of phenols is 1. The number of aryl methyl sites for hydroxylation is 3. The molecule has 0 saturated heterocycles. The minimum absolute atomic E-state index is 0.363. The molecule has 2 aromatic rings. The van der Waals surface area contributed by atoms with E-state index in [9.17, 15) is 5.11 Å². The molecule has 0 radical (unpaired) electrons. The van der Waals surface area contributed by atoms with Gasteiger partial charge in [0.25, 0.3) is 0 Å². The third-order valence-corrected chi connectivity index (χ3v) is 2.87. The van der Waals surface area contributed by atoms with Crippen molar-refractivity contribution >= 4 is 0 Å². The molecule has 2 aromatic carbocycles. The summed E-state index contributed by atoms with van der Waals surface area (Å²) in [4.78, 5) is 0. The van der Waals surface area contributed by atoms with Crippen LogP contribution in [0.5, 0.6) is 5.75 Å². The highest BCUT2D eigenvalue weighted by Crippen LogP contribution is 2.30. The van der Waals surface area contributed by atoms with Crippen molar-refractivity contribution in [3.63, 3.8) is 0 Å². The van der Waals surface area contributed by atoms with E-state index in [1.807, 2.05) is 25.1 Å². The van der Waals surface area contributed by atoms with Crippen molar-refractivity contribution in [2.75, 3.05) is 0 Å². The van der Waals surface area contributed by atoms with Gasteiger partial charge in [0.1, 0.15) is 5.75 Å². The van der Waals surface area contributed by atoms with Crippen LogP contribution in [-0.2, 0) is 0 Å². The van der Waals surface area contributed by atoms with Gasteiger partial charge in [0.15, 0.2) is 0 Å². The first kappa shape index (κ1) is 10.7. The zero-order valence-electron chi connectivity index (χ0n) is 9.91. The zero-order valence-corrected chi connectivity index (χ0v) is 9.91. The van der Waals surface area contributed by atoms with Crippen molar-refractivity contribution in [1.82, 2.24) is 0 Å². The molecule has 0 bridgehead atoms. The summed E-state index contributed by atoms with van der Waals surface area (Å²) in [6.45, 7) is 6.07. The number of benzene rings is 2. The standard InChI is InChI=1S/C15H16O/c1-10-5-4-6-13(7-10)14-9-15(16)12(3)8-11(14)2/h4-9,16H,1-3H3. The maximum Gasteiger partial charge on any atom is 0.119 e. The maximum absolute atomic E-state index is 9.76. The predicted octanol–water partition coefficient (Wildman–Crippen LogP) is 3.98. The van der Waals surface area contributed by atoms with Gasteiger partial charge in [-0.05, 0) is 49.1 Å². The van der Waals surface area contributed by atoms with Crippen LogP contribution in [0.15, 0.2) is 36.4 Å². The molecule has 2 rings (SSSR count). The Balaban J connectivity index is 2.60. The lowest BCUT2D eigenvalue weighted by Crippen LogP contribution is -1.86. The minimum Gasteiger partial charge on any atom is -0.508 e. The Bertz CT molecular complexity index is 527. The molecule has 82 valence electrons. The van der Waals surface area contributed by atoms with Gasteiger partial charge in [-0.3, -0.25) is 0 Å². The summed E-state index contributed by atoms with van der Waals surface area (Å²) in [5.41, 5.74) is 5.62. The highest BCUT2D eigenvalue weighted by molar-refractivity contribution is 5.70. The van der Waals surface area contributed by atoms with Gasteiger partial charge in [0.05, 0.1) is 0 Å². The second kappa shape index (κ2) is 4.01. The van der Waals surface area contributed by atoms with Gasteiger partial charge in [-0.25, -0.2) is 0 Å². The molecule has 0 heterocycles. The molecule has 1 N–H and O–H groups in total. The minimum atomic E-state index is 0.363. The summed E-state index contributed by atoms with van der Waals surface area (Å²) in [5.74, 6) is 0.363. The van der Waals surface area contributed by atoms with Crippen molar-refractivity contribution in [3.05, 3.63) is 53.1 Å². The Kier molecular flexibility index (Phi) is 2.69. The van der Waals surface area contributed by atoms with Gasteiger partial charge < -0.3 is 5.11 Å². The number of hydrogen-bond acceptors (Lipinski definition) is 1. The average molecular weight is 212 g/mol. The fourth-order valence-corrected chi connectivity index (χ4v) is 1.96. The number of phenolic OH excluding ortho intramolecular Hbond substituents is 1. The van der Waals surface area contributed by atoms with Crippen LogP contribution in [0.2, 0.25) is 0 Å². The second-order valence-electron chi connectivity index (χ2n) is 4.32. The highest BCUT2D eigenvalue weighted by Gasteiger charge is 2.05. The normalized spacial score (nSPS) is 10.4. The Labute approximate surface area is 96.4 Å². The lowest BCUT2D eigenvalue weighted by atomic mass is 9.97. The summed E-state index contributed by atoms with van der Waals surface area (Å²) < 4.78 is 0. The Morgan fingerprint density at radius 1 is 0.875 bits per heavy atom. The molecular formula is C15H16O. The van der Waals surface area contributed by atoms with Gasteiger partial charge in [-0.2, -0.15) is 0 Å². The van der Waals surface area contributed by atoms with Crippen LogP contribution in [0.4, 0.5) is 0 Å². The SMILES string of the molecule is Cc1cccc(-c2cc(O)c(C)cc2C)c1. The summed E-state index contributed by atoms with van der Waals surface area (Å²) in [6, 6.07) is 12.2. The molecular weight excluding hydrogens is 196 g/mol. The zero-order chi connectivity index (χ0) is 11.7. The van der Waals surface area contributed by atoms with Crippen LogP contribution in [0, 0.1) is 20.8 Å². The van der Waals surface area contributed by atoms with Gasteiger partial charge in [-0.15, -0.1) is 0 Å². The van der Waals surface area contributed by atoms with Crippen molar-refractivity contribution in [3.8, 4) is 16.9 Å². The lowest BCUT2D eigenvalue weighted by Gasteiger charge is -2.09. The summed E-state index contributed by atoms with van der Waals surface area (Å²) in [7, 11) is 0. The molecule has 0 aromatic heterocycles. The van der Waals surface area contributed by atoms with Crippen LogP contribution < -0.4 is 0 Å². The van der Waals surface area contributed by atoms with Gasteiger partial charge in [0.2, 0.25) is 0 Å². The number of aromatic hydroxyl groups is 1. The fraction of sp³-hybridized carbons (Fsp3) is 0.200. The first-order valence-corrected chi connectivity index (χ1v) is 5.45. The molecule has 1 heteroatoms. The molecule has 1 nitrogen and oxygen atoms in total. The summed E-state index contributed by atoms with van der Waals surface area (Å²) in [5, 5.41) is 9.76. The molecule has 0 amide bonds. The van der Waals surface area contributed by atoms with E-state index >= 15 is 0 Å². The van der Waals surface area contributed by atoms with Crippen molar-refractivity contribution in [2.45, 2.75) is 20.8 Å². The smallest absolute Gasteiger partial charge is 0.119 e. The fourth-order valence-electron chi connectivity index (χ4n) is 1.96. The van der Waals surface area contributed by atoms with Crippen LogP contribution >= 0.6 is 0 Å². The van der Waals surface area contributed by atoms with E-state index in [0.29, 0.717) is 5.75 Å². The third-order valence-electron chi connectivity index (χ3n) is 2.87. The maximum atomic E-state index is 9.76. The van der Waals surface area contributed by atoms with Gasteiger partial charge in [0, 0.05) is 0 Å². The van der Waals surface area contributed by atoms with E-state index in [4.69, 9.17) is 0 Å². The van der Waals surface area contributed by atoms with E-state index in [1.165, 1.54) is 11.1 Å². The topological polar surface area (TPSA) is 20.2 Å². The molecule has 0 saturated carbocycles. The van der Waals surface area contributed by atoms with Crippen molar-refractivity contribution < 1.29 is 5.11 Å². The predicted molar refractivity (Wildman–Crippen MR) is 67.8 cm³/mol. The van der Waals surface area contributed by atoms with E-state index in [0.717, 1.165) is 16.7 Å². The Morgan fingerprint density at radius 3 is 2.31 bits per heavy atom. The van der Waals surface area contributed by atoms with Gasteiger partial charge in [-0.1, -0.05) is 35.9 Å². The first-order valence-electron chi connectivity index (χ1n) is 5.45. The monoisotopic (exact) mass is 212 g/mol. The largest absolute Gasteiger partial charge is 0.508 e. The molecule has 0 spiro atoms. The van der Waals surface area contributed by atoms with Crippen LogP contribution in [0.3, 0.4) is 0 Å². The molecule has 0 aliphatic carbocycles. The molecule has 0 aliphatic heterocycles. The van der Waals surface area contributed by atoms with Crippen LogP contribution in [0.25, 0.3) is 11.1 Å². The molecule has 0 unspecified atom stereocenters. The third kappa shape index (κ3) is 1.94. The van der Waals surface area contributed by atoms with E-state index in [1.54, 1.807) is 0 Å². The van der Waals surface area contributed by atoms with Crippen LogP contribution in [-0.4, -0.2) is 5.11 Å². The van der Waals surface area contributed by atoms with Crippen LogP contribution in [0.1, 0.15) is 16.7 Å². The van der Waals surface area contributed by atoms with Crippen molar-refractivity contribution in [2.24, 2.45) is 0 Å². The van der Waals surface area contributed by atoms with Crippen molar-refractivity contribution in [1.29, 1.82) is 0 Å². The Morgan fingerprint density at radius 2 is 1.62 bits per heavy atom. The van der Waals surface area contributed by atoms with Gasteiger partial charge >= 0.3 is 0 Å². The van der Waals surface area contributed by atoms with E-state index in [-0.39, 0.29) is 0 Å². The van der Waals surface area contributed by atoms with E-state index < -0.39 is 0 Å². The molecule has 0 atom stereocenters. The highest BCUT2D eigenvalue weighted by atomic mass is 16.3. The van der Waals surface area contributed by atoms with E-state index in [2.05, 4.69) is 32.0 Å². The number of rotatable bonds is 1. The first-order chi connectivity index (χ1) is 7.58. The number of hydrogen-bond donors (Lipinski definition) is 1.